The summed E-state index contributed by atoms with van der Waals surface area (Å²) in [5.74, 6) is -0.0280. The quantitative estimate of drug-likeness (QED) is 0.742. The van der Waals surface area contributed by atoms with Gasteiger partial charge in [0.15, 0.2) is 0 Å². The Morgan fingerprint density at radius 1 is 1.17 bits per heavy atom. The van der Waals surface area contributed by atoms with Crippen molar-refractivity contribution in [1.82, 2.24) is 10.3 Å². The minimum absolute atomic E-state index is 0.0280. The molecule has 0 aliphatic heterocycles. The number of amides is 1. The molecule has 0 bridgehead atoms. The van der Waals surface area contributed by atoms with Gasteiger partial charge in [-0.2, -0.15) is 0 Å². The first kappa shape index (κ1) is 15.7. The van der Waals surface area contributed by atoms with Gasteiger partial charge < -0.3 is 5.32 Å². The summed E-state index contributed by atoms with van der Waals surface area (Å²) in [7, 11) is 0. The number of carbonyl (C=O) groups is 1. The molecule has 0 aliphatic rings. The van der Waals surface area contributed by atoms with Crippen LogP contribution in [-0.4, -0.2) is 10.9 Å². The highest BCUT2D eigenvalue weighted by Gasteiger charge is 2.07. The van der Waals surface area contributed by atoms with Crippen LogP contribution in [0, 0.1) is 0 Å². The molecule has 0 unspecified atom stereocenters. The third-order valence-electron chi connectivity index (χ3n) is 3.37. The molecule has 2 aromatic carbocycles. The maximum Gasteiger partial charge on any atom is 0.217 e. The van der Waals surface area contributed by atoms with Crippen molar-refractivity contribution < 1.29 is 4.79 Å². The highest BCUT2D eigenvalue weighted by molar-refractivity contribution is 7.13. The summed E-state index contributed by atoms with van der Waals surface area (Å²) in [6.45, 7) is 2.06. The van der Waals surface area contributed by atoms with Crippen LogP contribution in [-0.2, 0) is 11.3 Å². The van der Waals surface area contributed by atoms with Crippen molar-refractivity contribution in [2.24, 2.45) is 0 Å². The molecule has 1 N–H and O–H groups in total. The number of thiazole rings is 1. The standard InChI is InChI=1S/C18H15ClN2OS/c1-12(22)20-10-13-5-7-14(8-6-13)17-11-23-18(21-17)15-3-2-4-16(19)9-15/h2-9,11H,10H2,1H3,(H,20,22). The predicted molar refractivity (Wildman–Crippen MR) is 95.5 cm³/mol. The van der Waals surface area contributed by atoms with E-state index in [0.29, 0.717) is 11.6 Å². The van der Waals surface area contributed by atoms with Gasteiger partial charge in [-0.25, -0.2) is 4.98 Å². The summed E-state index contributed by atoms with van der Waals surface area (Å²) in [4.78, 5) is 15.6. The molecule has 3 nitrogen and oxygen atoms in total. The number of benzene rings is 2. The Morgan fingerprint density at radius 2 is 1.96 bits per heavy atom. The summed E-state index contributed by atoms with van der Waals surface area (Å²) in [5, 5.41) is 6.49. The van der Waals surface area contributed by atoms with Gasteiger partial charge in [0.2, 0.25) is 5.91 Å². The van der Waals surface area contributed by atoms with Crippen LogP contribution in [0.1, 0.15) is 12.5 Å². The molecular formula is C18H15ClN2OS. The van der Waals surface area contributed by atoms with Crippen LogP contribution >= 0.6 is 22.9 Å². The molecule has 0 fully saturated rings. The fourth-order valence-electron chi connectivity index (χ4n) is 2.18. The van der Waals surface area contributed by atoms with Crippen molar-refractivity contribution >= 4 is 28.8 Å². The Hall–Kier alpha value is -2.17. The Morgan fingerprint density at radius 3 is 2.65 bits per heavy atom. The fraction of sp³-hybridized carbons (Fsp3) is 0.111. The lowest BCUT2D eigenvalue weighted by Gasteiger charge is -2.03. The van der Waals surface area contributed by atoms with E-state index in [1.165, 1.54) is 6.92 Å². The molecule has 1 aromatic heterocycles. The lowest BCUT2D eigenvalue weighted by atomic mass is 10.1. The number of carbonyl (C=O) groups excluding carboxylic acids is 1. The van der Waals surface area contributed by atoms with Crippen molar-refractivity contribution in [2.75, 3.05) is 0 Å². The average molecular weight is 343 g/mol. The number of halogens is 1. The molecule has 1 heterocycles. The van der Waals surface area contributed by atoms with Crippen LogP contribution in [0.25, 0.3) is 21.8 Å². The normalized spacial score (nSPS) is 10.5. The van der Waals surface area contributed by atoms with Gasteiger partial charge >= 0.3 is 0 Å². The maximum atomic E-state index is 10.9. The van der Waals surface area contributed by atoms with Gasteiger partial charge in [-0.15, -0.1) is 11.3 Å². The number of nitrogens with zero attached hydrogens (tertiary/aromatic N) is 1. The van der Waals surface area contributed by atoms with Gasteiger partial charge in [0, 0.05) is 35.0 Å². The Labute approximate surface area is 144 Å². The van der Waals surface area contributed by atoms with Crippen molar-refractivity contribution in [3.63, 3.8) is 0 Å². The molecule has 0 radical (unpaired) electrons. The zero-order valence-electron chi connectivity index (χ0n) is 12.5. The van der Waals surface area contributed by atoms with Crippen LogP contribution in [0.5, 0.6) is 0 Å². The highest BCUT2D eigenvalue weighted by Crippen LogP contribution is 2.30. The van der Waals surface area contributed by atoms with Gasteiger partial charge in [0.1, 0.15) is 5.01 Å². The molecular weight excluding hydrogens is 328 g/mol. The van der Waals surface area contributed by atoms with Crippen LogP contribution in [0.15, 0.2) is 53.9 Å². The second kappa shape index (κ2) is 6.94. The summed E-state index contributed by atoms with van der Waals surface area (Å²) in [6, 6.07) is 15.8. The number of aromatic nitrogens is 1. The molecule has 0 saturated carbocycles. The Bertz CT molecular complexity index is 827. The zero-order chi connectivity index (χ0) is 16.2. The third kappa shape index (κ3) is 3.97. The van der Waals surface area contributed by atoms with Crippen molar-refractivity contribution in [3.8, 4) is 21.8 Å². The number of hydrogen-bond acceptors (Lipinski definition) is 3. The molecule has 116 valence electrons. The first-order valence-corrected chi connectivity index (χ1v) is 8.43. The van der Waals surface area contributed by atoms with Crippen molar-refractivity contribution in [1.29, 1.82) is 0 Å². The van der Waals surface area contributed by atoms with Crippen LogP contribution in [0.4, 0.5) is 0 Å². The highest BCUT2D eigenvalue weighted by atomic mass is 35.5. The monoisotopic (exact) mass is 342 g/mol. The fourth-order valence-corrected chi connectivity index (χ4v) is 3.20. The minimum atomic E-state index is -0.0280. The summed E-state index contributed by atoms with van der Waals surface area (Å²) in [5.41, 5.74) is 4.09. The molecule has 0 aliphatic carbocycles. The summed E-state index contributed by atoms with van der Waals surface area (Å²) < 4.78 is 0. The molecule has 3 aromatic rings. The van der Waals surface area contributed by atoms with E-state index < -0.39 is 0 Å². The second-order valence-electron chi connectivity index (χ2n) is 5.15. The number of nitrogens with one attached hydrogen (secondary N) is 1. The SMILES string of the molecule is CC(=O)NCc1ccc(-c2csc(-c3cccc(Cl)c3)n2)cc1. The molecule has 1 amide bonds. The van der Waals surface area contributed by atoms with E-state index in [0.717, 1.165) is 27.4 Å². The van der Waals surface area contributed by atoms with E-state index in [1.54, 1.807) is 11.3 Å². The van der Waals surface area contributed by atoms with Crippen molar-refractivity contribution in [2.45, 2.75) is 13.5 Å². The Kier molecular flexibility index (Phi) is 4.74. The first-order chi connectivity index (χ1) is 11.1. The third-order valence-corrected chi connectivity index (χ3v) is 4.49. The topological polar surface area (TPSA) is 42.0 Å². The molecule has 0 atom stereocenters. The predicted octanol–water partition coefficient (Wildman–Crippen LogP) is 4.77. The van der Waals surface area contributed by atoms with Gasteiger partial charge in [-0.3, -0.25) is 4.79 Å². The van der Waals surface area contributed by atoms with Crippen LogP contribution < -0.4 is 5.32 Å². The van der Waals surface area contributed by atoms with Crippen LogP contribution in [0.3, 0.4) is 0 Å². The number of rotatable bonds is 4. The molecule has 3 rings (SSSR count). The molecule has 0 saturated heterocycles. The van der Waals surface area contributed by atoms with Gasteiger partial charge in [-0.05, 0) is 17.7 Å². The summed E-state index contributed by atoms with van der Waals surface area (Å²) in [6.07, 6.45) is 0. The number of hydrogen-bond donors (Lipinski definition) is 1. The van der Waals surface area contributed by atoms with E-state index in [-0.39, 0.29) is 5.91 Å². The van der Waals surface area contributed by atoms with E-state index in [1.807, 2.05) is 53.9 Å². The van der Waals surface area contributed by atoms with Crippen molar-refractivity contribution in [3.05, 3.63) is 64.5 Å². The lowest BCUT2D eigenvalue weighted by molar-refractivity contribution is -0.119. The lowest BCUT2D eigenvalue weighted by Crippen LogP contribution is -2.18. The maximum absolute atomic E-state index is 10.9. The van der Waals surface area contributed by atoms with E-state index in [2.05, 4.69) is 10.3 Å². The van der Waals surface area contributed by atoms with E-state index in [9.17, 15) is 4.79 Å². The smallest absolute Gasteiger partial charge is 0.217 e. The van der Waals surface area contributed by atoms with Crippen LogP contribution in [0.2, 0.25) is 5.02 Å². The molecule has 23 heavy (non-hydrogen) atoms. The van der Waals surface area contributed by atoms with E-state index >= 15 is 0 Å². The van der Waals surface area contributed by atoms with Gasteiger partial charge in [-0.1, -0.05) is 48.0 Å². The summed E-state index contributed by atoms with van der Waals surface area (Å²) >= 11 is 7.63. The molecule has 5 heteroatoms. The van der Waals surface area contributed by atoms with Gasteiger partial charge in [0.25, 0.3) is 0 Å². The molecule has 0 spiro atoms. The zero-order valence-corrected chi connectivity index (χ0v) is 14.1. The van der Waals surface area contributed by atoms with E-state index in [4.69, 9.17) is 11.6 Å². The average Bonchev–Trinajstić information content (AvgIpc) is 3.03. The van der Waals surface area contributed by atoms with Gasteiger partial charge in [0.05, 0.1) is 5.69 Å². The minimum Gasteiger partial charge on any atom is -0.352 e. The largest absolute Gasteiger partial charge is 0.352 e. The first-order valence-electron chi connectivity index (χ1n) is 7.17. The second-order valence-corrected chi connectivity index (χ2v) is 6.45. The Balaban J connectivity index is 1.79.